The molecule has 0 heterocycles. The molecule has 0 radical (unpaired) electrons. The van der Waals surface area contributed by atoms with E-state index in [1.54, 1.807) is 0 Å². The van der Waals surface area contributed by atoms with Gasteiger partial charge >= 0.3 is 0 Å². The fourth-order valence-corrected chi connectivity index (χ4v) is 2.21. The van der Waals surface area contributed by atoms with Crippen LogP contribution in [-0.2, 0) is 0 Å². The molecule has 0 bridgehead atoms. The fraction of sp³-hybridized carbons (Fsp3) is 1.00. The van der Waals surface area contributed by atoms with Crippen molar-refractivity contribution in [3.63, 3.8) is 0 Å². The Morgan fingerprint density at radius 1 is 1.30 bits per heavy atom. The molecule has 1 aliphatic rings. The Hall–Kier alpha value is -0.0400. The van der Waals surface area contributed by atoms with Crippen LogP contribution in [0.1, 0.15) is 33.6 Å². The molecule has 0 saturated heterocycles. The number of rotatable bonds is 3. The molecule has 0 aromatic rings. The van der Waals surface area contributed by atoms with E-state index in [1.807, 2.05) is 0 Å². The Labute approximate surface area is 64.0 Å². The molecule has 1 saturated carbocycles. The third-order valence-electron chi connectivity index (χ3n) is 3.14. The van der Waals surface area contributed by atoms with Gasteiger partial charge in [0, 0.05) is 0 Å². The molecule has 1 rings (SSSR count). The minimum atomic E-state index is 0.560. The Morgan fingerprint density at radius 2 is 1.90 bits per heavy atom. The van der Waals surface area contributed by atoms with Gasteiger partial charge in [-0.3, -0.25) is 0 Å². The lowest BCUT2D eigenvalue weighted by Gasteiger charge is -1.98. The average Bonchev–Trinajstić information content (AvgIpc) is 2.36. The highest BCUT2D eigenvalue weighted by molar-refractivity contribution is 5.04. The lowest BCUT2D eigenvalue weighted by Crippen LogP contribution is -2.05. The summed E-state index contributed by atoms with van der Waals surface area (Å²) in [6.07, 6.45) is 2.68. The van der Waals surface area contributed by atoms with Crippen LogP contribution in [0.15, 0.2) is 0 Å². The Balaban J connectivity index is 2.37. The Bertz CT molecular complexity index is 118. The van der Waals surface area contributed by atoms with Gasteiger partial charge in [0.15, 0.2) is 0 Å². The van der Waals surface area contributed by atoms with Crippen LogP contribution < -0.4 is 5.73 Å². The molecular weight excluding hydrogens is 122 g/mol. The second-order valence-corrected chi connectivity index (χ2v) is 4.06. The number of hydrogen-bond donors (Lipinski definition) is 1. The molecule has 2 N–H and O–H groups in total. The largest absolute Gasteiger partial charge is 0.330 e. The van der Waals surface area contributed by atoms with Crippen molar-refractivity contribution in [3.05, 3.63) is 0 Å². The molecule has 1 nitrogen and oxygen atoms in total. The molecule has 60 valence electrons. The van der Waals surface area contributed by atoms with E-state index in [1.165, 1.54) is 12.8 Å². The van der Waals surface area contributed by atoms with Crippen molar-refractivity contribution in [2.75, 3.05) is 6.54 Å². The number of nitrogens with two attached hydrogens (primary N) is 1. The lowest BCUT2D eigenvalue weighted by molar-refractivity contribution is 0.519. The zero-order valence-electron chi connectivity index (χ0n) is 7.35. The summed E-state index contributed by atoms with van der Waals surface area (Å²) in [6.45, 7) is 7.81. The van der Waals surface area contributed by atoms with Crippen molar-refractivity contribution in [1.82, 2.24) is 0 Å². The minimum absolute atomic E-state index is 0.560. The van der Waals surface area contributed by atoms with E-state index in [9.17, 15) is 0 Å². The van der Waals surface area contributed by atoms with E-state index < -0.39 is 0 Å². The highest BCUT2D eigenvalue weighted by Crippen LogP contribution is 2.59. The summed E-state index contributed by atoms with van der Waals surface area (Å²) in [6, 6.07) is 0. The van der Waals surface area contributed by atoms with Gasteiger partial charge < -0.3 is 5.73 Å². The van der Waals surface area contributed by atoms with Gasteiger partial charge in [0.2, 0.25) is 0 Å². The molecule has 0 aromatic carbocycles. The topological polar surface area (TPSA) is 26.0 Å². The zero-order chi connectivity index (χ0) is 7.78. The summed E-state index contributed by atoms with van der Waals surface area (Å²) < 4.78 is 0. The van der Waals surface area contributed by atoms with Crippen molar-refractivity contribution in [1.29, 1.82) is 0 Å². The van der Waals surface area contributed by atoms with Crippen LogP contribution in [0.3, 0.4) is 0 Å². The van der Waals surface area contributed by atoms with E-state index in [0.29, 0.717) is 5.41 Å². The molecule has 0 unspecified atom stereocenters. The molecule has 10 heavy (non-hydrogen) atoms. The Kier molecular flexibility index (Phi) is 2.04. The predicted molar refractivity (Wildman–Crippen MR) is 44.7 cm³/mol. The van der Waals surface area contributed by atoms with E-state index >= 15 is 0 Å². The smallest absolute Gasteiger partial charge is 0.00408 e. The van der Waals surface area contributed by atoms with Crippen LogP contribution in [0, 0.1) is 17.3 Å². The molecule has 2 atom stereocenters. The van der Waals surface area contributed by atoms with Crippen LogP contribution in [0.5, 0.6) is 0 Å². The first-order valence-electron chi connectivity index (χ1n) is 4.34. The summed E-state index contributed by atoms with van der Waals surface area (Å²) >= 11 is 0. The lowest BCUT2D eigenvalue weighted by atomic mass is 10.1. The second kappa shape index (κ2) is 2.54. The molecule has 0 aromatic heterocycles. The van der Waals surface area contributed by atoms with Gasteiger partial charge in [-0.2, -0.15) is 0 Å². The maximum absolute atomic E-state index is 5.63. The normalized spacial score (nSPS) is 36.0. The van der Waals surface area contributed by atoms with Crippen LogP contribution in [0.2, 0.25) is 0 Å². The van der Waals surface area contributed by atoms with Gasteiger partial charge in [-0.25, -0.2) is 0 Å². The van der Waals surface area contributed by atoms with E-state index in [0.717, 1.165) is 18.4 Å². The second-order valence-electron chi connectivity index (χ2n) is 4.06. The van der Waals surface area contributed by atoms with E-state index in [4.69, 9.17) is 5.73 Å². The van der Waals surface area contributed by atoms with Crippen LogP contribution in [0.25, 0.3) is 0 Å². The highest BCUT2D eigenvalue weighted by atomic mass is 14.7. The minimum Gasteiger partial charge on any atom is -0.330 e. The summed E-state index contributed by atoms with van der Waals surface area (Å²) in [4.78, 5) is 0. The molecule has 0 spiro atoms. The van der Waals surface area contributed by atoms with Gasteiger partial charge in [0.25, 0.3) is 0 Å². The van der Waals surface area contributed by atoms with Gasteiger partial charge in [-0.1, -0.05) is 27.2 Å². The first kappa shape index (κ1) is 8.06. The highest BCUT2D eigenvalue weighted by Gasteiger charge is 2.55. The summed E-state index contributed by atoms with van der Waals surface area (Å²) in [5.74, 6) is 1.73. The molecule has 0 aliphatic heterocycles. The van der Waals surface area contributed by atoms with Gasteiger partial charge in [0.1, 0.15) is 0 Å². The maximum Gasteiger partial charge on any atom is -0.00408 e. The zero-order valence-corrected chi connectivity index (χ0v) is 7.35. The summed E-state index contributed by atoms with van der Waals surface area (Å²) in [5, 5.41) is 0. The Morgan fingerprint density at radius 3 is 2.20 bits per heavy atom. The maximum atomic E-state index is 5.63. The predicted octanol–water partition coefficient (Wildman–Crippen LogP) is 2.02. The first-order valence-corrected chi connectivity index (χ1v) is 4.34. The van der Waals surface area contributed by atoms with Crippen molar-refractivity contribution in [2.24, 2.45) is 23.0 Å². The standard InChI is InChI=1S/C9H19N/c1-4-5-7-8(6-10)9(7,2)3/h7-8H,4-6,10H2,1-3H3/t7-,8-/m1/s1. The van der Waals surface area contributed by atoms with Gasteiger partial charge in [0.05, 0.1) is 0 Å². The summed E-state index contributed by atoms with van der Waals surface area (Å²) in [7, 11) is 0. The van der Waals surface area contributed by atoms with Crippen molar-refractivity contribution in [2.45, 2.75) is 33.6 Å². The fourth-order valence-electron chi connectivity index (χ4n) is 2.21. The average molecular weight is 141 g/mol. The van der Waals surface area contributed by atoms with Crippen LogP contribution in [-0.4, -0.2) is 6.54 Å². The summed E-state index contributed by atoms with van der Waals surface area (Å²) in [5.41, 5.74) is 6.19. The molecular formula is C9H19N. The third-order valence-corrected chi connectivity index (χ3v) is 3.14. The van der Waals surface area contributed by atoms with E-state index in [-0.39, 0.29) is 0 Å². The molecule has 1 heteroatoms. The van der Waals surface area contributed by atoms with Crippen molar-refractivity contribution < 1.29 is 0 Å². The van der Waals surface area contributed by atoms with Gasteiger partial charge in [-0.05, 0) is 30.2 Å². The molecule has 0 amide bonds. The quantitative estimate of drug-likeness (QED) is 0.639. The SMILES string of the molecule is CCC[C@@H]1[C@@H](CN)C1(C)C. The number of hydrogen-bond acceptors (Lipinski definition) is 1. The van der Waals surface area contributed by atoms with Crippen molar-refractivity contribution in [3.8, 4) is 0 Å². The van der Waals surface area contributed by atoms with Gasteiger partial charge in [-0.15, -0.1) is 0 Å². The molecule has 1 aliphatic carbocycles. The molecule has 1 fully saturated rings. The third kappa shape index (κ3) is 1.07. The van der Waals surface area contributed by atoms with Crippen molar-refractivity contribution >= 4 is 0 Å². The monoisotopic (exact) mass is 141 g/mol. The van der Waals surface area contributed by atoms with E-state index in [2.05, 4.69) is 20.8 Å². The first-order chi connectivity index (χ1) is 4.64. The van der Waals surface area contributed by atoms with Crippen LogP contribution >= 0.6 is 0 Å². The van der Waals surface area contributed by atoms with Crippen LogP contribution in [0.4, 0.5) is 0 Å².